The van der Waals surface area contributed by atoms with Crippen molar-refractivity contribution in [1.82, 2.24) is 14.9 Å². The lowest BCUT2D eigenvalue weighted by molar-refractivity contribution is -0.120. The molecule has 0 unspecified atom stereocenters. The highest BCUT2D eigenvalue weighted by Gasteiger charge is 2.07. The molecule has 2 aromatic rings. The van der Waals surface area contributed by atoms with Gasteiger partial charge in [0.25, 0.3) is 0 Å². The first-order chi connectivity index (χ1) is 9.20. The molecule has 0 fully saturated rings. The van der Waals surface area contributed by atoms with Crippen LogP contribution in [0.15, 0.2) is 36.7 Å². The van der Waals surface area contributed by atoms with Crippen LogP contribution >= 0.6 is 0 Å². The first kappa shape index (κ1) is 13.3. The summed E-state index contributed by atoms with van der Waals surface area (Å²) in [6.45, 7) is 0.885. The lowest BCUT2D eigenvalue weighted by atomic mass is 10.0. The Bertz CT molecular complexity index is 562. The zero-order valence-electron chi connectivity index (χ0n) is 11.0. The highest BCUT2D eigenvalue weighted by atomic mass is 16.1. The van der Waals surface area contributed by atoms with Gasteiger partial charge in [0.05, 0.1) is 13.0 Å². The fourth-order valence-corrected chi connectivity index (χ4v) is 1.91. The second-order valence-electron chi connectivity index (χ2n) is 4.38. The third-order valence-electron chi connectivity index (χ3n) is 3.05. The van der Waals surface area contributed by atoms with Gasteiger partial charge in [-0.05, 0) is 11.1 Å². The number of amides is 1. The Labute approximate surface area is 112 Å². The summed E-state index contributed by atoms with van der Waals surface area (Å²) in [4.78, 5) is 16.1. The Morgan fingerprint density at radius 1 is 1.37 bits per heavy atom. The van der Waals surface area contributed by atoms with Crippen molar-refractivity contribution in [2.24, 2.45) is 12.8 Å². The minimum Gasteiger partial charge on any atom is -0.349 e. The molecule has 1 amide bonds. The molecule has 1 aromatic carbocycles. The SMILES string of the molecule is Cn1ccnc1CNC(=O)Cc1ccccc1CN. The molecular weight excluding hydrogens is 240 g/mol. The van der Waals surface area contributed by atoms with Gasteiger partial charge in [0, 0.05) is 26.0 Å². The minimum atomic E-state index is -0.0242. The van der Waals surface area contributed by atoms with Crippen molar-refractivity contribution in [1.29, 1.82) is 0 Å². The first-order valence-corrected chi connectivity index (χ1v) is 6.20. The highest BCUT2D eigenvalue weighted by molar-refractivity contribution is 5.78. The quantitative estimate of drug-likeness (QED) is 0.830. The third-order valence-corrected chi connectivity index (χ3v) is 3.05. The Balaban J connectivity index is 1.93. The van der Waals surface area contributed by atoms with Crippen LogP contribution in [0.2, 0.25) is 0 Å². The molecule has 100 valence electrons. The largest absolute Gasteiger partial charge is 0.349 e. The molecule has 0 radical (unpaired) electrons. The zero-order valence-corrected chi connectivity index (χ0v) is 11.0. The normalized spacial score (nSPS) is 10.4. The van der Waals surface area contributed by atoms with Crippen LogP contribution in [0.1, 0.15) is 17.0 Å². The lowest BCUT2D eigenvalue weighted by Gasteiger charge is -2.08. The van der Waals surface area contributed by atoms with Crippen LogP contribution in [-0.2, 0) is 31.4 Å². The van der Waals surface area contributed by atoms with E-state index in [0.717, 1.165) is 17.0 Å². The molecule has 0 aliphatic heterocycles. The van der Waals surface area contributed by atoms with E-state index in [0.29, 0.717) is 19.5 Å². The van der Waals surface area contributed by atoms with E-state index in [1.165, 1.54) is 0 Å². The van der Waals surface area contributed by atoms with Gasteiger partial charge < -0.3 is 15.6 Å². The van der Waals surface area contributed by atoms with Crippen molar-refractivity contribution >= 4 is 5.91 Å². The van der Waals surface area contributed by atoms with Gasteiger partial charge in [-0.25, -0.2) is 4.98 Å². The number of nitrogens with zero attached hydrogens (tertiary/aromatic N) is 2. The summed E-state index contributed by atoms with van der Waals surface area (Å²) in [7, 11) is 1.90. The van der Waals surface area contributed by atoms with Crippen LogP contribution in [-0.4, -0.2) is 15.5 Å². The van der Waals surface area contributed by atoms with E-state index >= 15 is 0 Å². The summed E-state index contributed by atoms with van der Waals surface area (Å²) >= 11 is 0. The summed E-state index contributed by atoms with van der Waals surface area (Å²) in [5.74, 6) is 0.810. The third kappa shape index (κ3) is 3.42. The number of nitrogens with one attached hydrogen (secondary N) is 1. The van der Waals surface area contributed by atoms with E-state index in [1.807, 2.05) is 42.1 Å². The Hall–Kier alpha value is -2.14. The lowest BCUT2D eigenvalue weighted by Crippen LogP contribution is -2.26. The van der Waals surface area contributed by atoms with Crippen LogP contribution in [0.4, 0.5) is 0 Å². The van der Waals surface area contributed by atoms with Gasteiger partial charge in [-0.3, -0.25) is 4.79 Å². The smallest absolute Gasteiger partial charge is 0.224 e. The number of aryl methyl sites for hydroxylation is 1. The number of carbonyl (C=O) groups excluding carboxylic acids is 1. The van der Waals surface area contributed by atoms with Crippen molar-refractivity contribution in [3.05, 3.63) is 53.6 Å². The van der Waals surface area contributed by atoms with Crippen LogP contribution in [0.3, 0.4) is 0 Å². The van der Waals surface area contributed by atoms with Gasteiger partial charge in [0.1, 0.15) is 5.82 Å². The highest BCUT2D eigenvalue weighted by Crippen LogP contribution is 2.08. The summed E-state index contributed by atoms with van der Waals surface area (Å²) in [5.41, 5.74) is 7.64. The number of hydrogen-bond donors (Lipinski definition) is 2. The van der Waals surface area contributed by atoms with Crippen molar-refractivity contribution < 1.29 is 4.79 Å². The van der Waals surface area contributed by atoms with E-state index in [4.69, 9.17) is 5.73 Å². The van der Waals surface area contributed by atoms with Crippen molar-refractivity contribution in [3.8, 4) is 0 Å². The predicted molar refractivity (Wildman–Crippen MR) is 73.1 cm³/mol. The van der Waals surface area contributed by atoms with Gasteiger partial charge >= 0.3 is 0 Å². The van der Waals surface area contributed by atoms with E-state index < -0.39 is 0 Å². The number of carbonyl (C=O) groups is 1. The molecular formula is C14H18N4O. The van der Waals surface area contributed by atoms with Crippen molar-refractivity contribution in [2.75, 3.05) is 0 Å². The van der Waals surface area contributed by atoms with E-state index in [9.17, 15) is 4.79 Å². The fourth-order valence-electron chi connectivity index (χ4n) is 1.91. The molecule has 19 heavy (non-hydrogen) atoms. The number of imidazole rings is 1. The molecule has 5 heteroatoms. The average molecular weight is 258 g/mol. The molecule has 3 N–H and O–H groups in total. The summed E-state index contributed by atoms with van der Waals surface area (Å²) in [5, 5.41) is 2.86. The molecule has 0 bridgehead atoms. The number of aromatic nitrogens is 2. The van der Waals surface area contributed by atoms with Gasteiger partial charge in [0.15, 0.2) is 0 Å². The first-order valence-electron chi connectivity index (χ1n) is 6.20. The average Bonchev–Trinajstić information content (AvgIpc) is 2.82. The number of hydrogen-bond acceptors (Lipinski definition) is 3. The Morgan fingerprint density at radius 3 is 2.74 bits per heavy atom. The van der Waals surface area contributed by atoms with E-state index in [1.54, 1.807) is 6.20 Å². The summed E-state index contributed by atoms with van der Waals surface area (Å²) in [6.07, 6.45) is 3.91. The van der Waals surface area contributed by atoms with Gasteiger partial charge in [0.2, 0.25) is 5.91 Å². The molecule has 0 spiro atoms. The maximum atomic E-state index is 11.9. The molecule has 0 saturated heterocycles. The maximum absolute atomic E-state index is 11.9. The van der Waals surface area contributed by atoms with Crippen LogP contribution in [0.5, 0.6) is 0 Å². The topological polar surface area (TPSA) is 72.9 Å². The molecule has 1 heterocycles. The standard InChI is InChI=1S/C14H18N4O/c1-18-7-6-16-13(18)10-17-14(19)8-11-4-2-3-5-12(11)9-15/h2-7H,8-10,15H2,1H3,(H,17,19). The van der Waals surface area contributed by atoms with E-state index in [2.05, 4.69) is 10.3 Å². The molecule has 2 rings (SSSR count). The molecule has 0 saturated carbocycles. The Kier molecular flexibility index (Phi) is 4.30. The van der Waals surface area contributed by atoms with Crippen molar-refractivity contribution in [3.63, 3.8) is 0 Å². The van der Waals surface area contributed by atoms with E-state index in [-0.39, 0.29) is 5.91 Å². The van der Waals surface area contributed by atoms with Gasteiger partial charge in [-0.2, -0.15) is 0 Å². The molecule has 0 aliphatic rings. The number of rotatable bonds is 5. The molecule has 5 nitrogen and oxygen atoms in total. The maximum Gasteiger partial charge on any atom is 0.224 e. The monoisotopic (exact) mass is 258 g/mol. The summed E-state index contributed by atoms with van der Waals surface area (Å²) < 4.78 is 1.88. The second-order valence-corrected chi connectivity index (χ2v) is 4.38. The number of nitrogens with two attached hydrogens (primary N) is 1. The fraction of sp³-hybridized carbons (Fsp3) is 0.286. The molecule has 0 atom stereocenters. The van der Waals surface area contributed by atoms with Crippen molar-refractivity contribution in [2.45, 2.75) is 19.5 Å². The second kappa shape index (κ2) is 6.15. The van der Waals surface area contributed by atoms with Crippen LogP contribution in [0, 0.1) is 0 Å². The van der Waals surface area contributed by atoms with Crippen LogP contribution < -0.4 is 11.1 Å². The predicted octanol–water partition coefficient (Wildman–Crippen LogP) is 0.738. The van der Waals surface area contributed by atoms with Gasteiger partial charge in [-0.15, -0.1) is 0 Å². The Morgan fingerprint density at radius 2 is 2.11 bits per heavy atom. The van der Waals surface area contributed by atoms with Crippen LogP contribution in [0.25, 0.3) is 0 Å². The summed E-state index contributed by atoms with van der Waals surface area (Å²) in [6, 6.07) is 7.72. The molecule has 1 aromatic heterocycles. The minimum absolute atomic E-state index is 0.0242. The zero-order chi connectivity index (χ0) is 13.7. The van der Waals surface area contributed by atoms with Gasteiger partial charge in [-0.1, -0.05) is 24.3 Å². The molecule has 0 aliphatic carbocycles. The number of benzene rings is 1.